The summed E-state index contributed by atoms with van der Waals surface area (Å²) in [6.07, 6.45) is -0.586. The molecule has 6 heteroatoms. The molecule has 1 atom stereocenters. The smallest absolute Gasteiger partial charge is 0.260 e. The number of amides is 1. The second kappa shape index (κ2) is 5.59. The van der Waals surface area contributed by atoms with Crippen molar-refractivity contribution >= 4 is 5.91 Å². The topological polar surface area (TPSA) is 82.8 Å². The summed E-state index contributed by atoms with van der Waals surface area (Å²) in [7, 11) is 0. The van der Waals surface area contributed by atoms with Crippen LogP contribution in [0.2, 0.25) is 0 Å². The van der Waals surface area contributed by atoms with E-state index in [2.05, 4.69) is 5.32 Å². The summed E-state index contributed by atoms with van der Waals surface area (Å²) in [5, 5.41) is 2.66. The number of benzene rings is 1. The molecule has 1 aromatic rings. The Morgan fingerprint density at radius 1 is 1.50 bits per heavy atom. The highest BCUT2D eigenvalue weighted by Gasteiger charge is 2.17. The number of nitrogens with two attached hydrogens (primary N) is 1. The van der Waals surface area contributed by atoms with Crippen LogP contribution in [-0.2, 0) is 4.79 Å². The maximum absolute atomic E-state index is 11.6. The van der Waals surface area contributed by atoms with Gasteiger partial charge in [-0.05, 0) is 19.1 Å². The van der Waals surface area contributed by atoms with E-state index >= 15 is 0 Å². The van der Waals surface area contributed by atoms with Crippen molar-refractivity contribution in [3.05, 3.63) is 18.2 Å². The fourth-order valence-electron chi connectivity index (χ4n) is 1.55. The van der Waals surface area contributed by atoms with Crippen LogP contribution in [0.5, 0.6) is 17.2 Å². The van der Waals surface area contributed by atoms with Crippen LogP contribution in [0, 0.1) is 0 Å². The number of ether oxygens (including phenoxy) is 3. The molecule has 1 amide bonds. The first-order chi connectivity index (χ1) is 8.70. The molecule has 1 aliphatic rings. The molecule has 0 saturated heterocycles. The first kappa shape index (κ1) is 12.5. The van der Waals surface area contributed by atoms with E-state index in [0.29, 0.717) is 30.3 Å². The molecular weight excluding hydrogens is 236 g/mol. The third-order valence-corrected chi connectivity index (χ3v) is 2.47. The molecule has 0 spiro atoms. The Balaban J connectivity index is 1.94. The number of hydrogen-bond acceptors (Lipinski definition) is 5. The van der Waals surface area contributed by atoms with Crippen LogP contribution in [0.1, 0.15) is 6.92 Å². The molecule has 0 radical (unpaired) electrons. The summed E-state index contributed by atoms with van der Waals surface area (Å²) in [5.74, 6) is 1.68. The van der Waals surface area contributed by atoms with Gasteiger partial charge in [-0.2, -0.15) is 0 Å². The second-order valence-electron chi connectivity index (χ2n) is 3.85. The molecule has 2 rings (SSSR count). The zero-order chi connectivity index (χ0) is 13.0. The van der Waals surface area contributed by atoms with Crippen molar-refractivity contribution in [1.82, 2.24) is 5.32 Å². The van der Waals surface area contributed by atoms with Gasteiger partial charge >= 0.3 is 0 Å². The van der Waals surface area contributed by atoms with E-state index in [4.69, 9.17) is 19.9 Å². The molecule has 1 aromatic carbocycles. The molecule has 18 heavy (non-hydrogen) atoms. The first-order valence-corrected chi connectivity index (χ1v) is 5.75. The number of hydrogen-bond donors (Lipinski definition) is 2. The Labute approximate surface area is 105 Å². The summed E-state index contributed by atoms with van der Waals surface area (Å²) in [4.78, 5) is 11.6. The van der Waals surface area contributed by atoms with Crippen LogP contribution in [-0.4, -0.2) is 31.9 Å². The molecule has 0 saturated carbocycles. The van der Waals surface area contributed by atoms with E-state index in [-0.39, 0.29) is 12.7 Å². The van der Waals surface area contributed by atoms with Crippen molar-refractivity contribution in [2.24, 2.45) is 5.73 Å². The molecular formula is C12H16N2O4. The van der Waals surface area contributed by atoms with E-state index in [0.717, 1.165) is 0 Å². The van der Waals surface area contributed by atoms with E-state index < -0.39 is 6.10 Å². The summed E-state index contributed by atoms with van der Waals surface area (Å²) in [5.41, 5.74) is 5.31. The van der Waals surface area contributed by atoms with E-state index in [1.165, 1.54) is 0 Å². The Hall–Kier alpha value is -1.95. The maximum Gasteiger partial charge on any atom is 0.260 e. The normalized spacial score (nSPS) is 14.1. The quantitative estimate of drug-likeness (QED) is 0.785. The highest BCUT2D eigenvalue weighted by Crippen LogP contribution is 2.35. The Bertz CT molecular complexity index is 436. The molecule has 0 aliphatic carbocycles. The summed E-state index contributed by atoms with van der Waals surface area (Å²) in [6, 6.07) is 5.19. The summed E-state index contributed by atoms with van der Waals surface area (Å²) in [6.45, 7) is 2.73. The number of fused-ring (bicyclic) bond motifs is 1. The van der Waals surface area contributed by atoms with Crippen molar-refractivity contribution in [3.63, 3.8) is 0 Å². The predicted octanol–water partition coefficient (Wildman–Crippen LogP) is 0.257. The minimum absolute atomic E-state index is 0.196. The first-order valence-electron chi connectivity index (χ1n) is 5.75. The average molecular weight is 252 g/mol. The molecule has 1 aliphatic heterocycles. The number of carbonyl (C=O) groups excluding carboxylic acids is 1. The Morgan fingerprint density at radius 3 is 3.06 bits per heavy atom. The van der Waals surface area contributed by atoms with Crippen molar-refractivity contribution in [3.8, 4) is 17.2 Å². The van der Waals surface area contributed by atoms with Gasteiger partial charge < -0.3 is 25.3 Å². The zero-order valence-electron chi connectivity index (χ0n) is 10.1. The lowest BCUT2D eigenvalue weighted by molar-refractivity contribution is -0.127. The van der Waals surface area contributed by atoms with Crippen molar-refractivity contribution in [2.45, 2.75) is 13.0 Å². The van der Waals surface area contributed by atoms with Gasteiger partial charge in [-0.3, -0.25) is 4.79 Å². The molecule has 1 heterocycles. The fourth-order valence-corrected chi connectivity index (χ4v) is 1.55. The predicted molar refractivity (Wildman–Crippen MR) is 64.7 cm³/mol. The molecule has 1 unspecified atom stereocenters. The van der Waals surface area contributed by atoms with Gasteiger partial charge in [-0.15, -0.1) is 0 Å². The molecule has 0 aromatic heterocycles. The van der Waals surface area contributed by atoms with Crippen LogP contribution in [0.15, 0.2) is 18.2 Å². The summed E-state index contributed by atoms with van der Waals surface area (Å²) >= 11 is 0. The molecule has 6 nitrogen and oxygen atoms in total. The van der Waals surface area contributed by atoms with E-state index in [1.807, 2.05) is 0 Å². The SMILES string of the molecule is CC(Oc1ccc2c(c1)OCO2)C(=O)NCCN. The van der Waals surface area contributed by atoms with Gasteiger partial charge in [0.25, 0.3) is 5.91 Å². The largest absolute Gasteiger partial charge is 0.481 e. The van der Waals surface area contributed by atoms with E-state index in [1.54, 1.807) is 25.1 Å². The lowest BCUT2D eigenvalue weighted by Crippen LogP contribution is -2.38. The van der Waals surface area contributed by atoms with Crippen LogP contribution in [0.4, 0.5) is 0 Å². The number of rotatable bonds is 5. The van der Waals surface area contributed by atoms with Gasteiger partial charge in [0.2, 0.25) is 6.79 Å². The van der Waals surface area contributed by atoms with Crippen molar-refractivity contribution in [2.75, 3.05) is 19.9 Å². The van der Waals surface area contributed by atoms with Crippen molar-refractivity contribution < 1.29 is 19.0 Å². The van der Waals surface area contributed by atoms with Gasteiger partial charge in [0.05, 0.1) is 0 Å². The van der Waals surface area contributed by atoms with Crippen LogP contribution in [0.3, 0.4) is 0 Å². The summed E-state index contributed by atoms with van der Waals surface area (Å²) < 4.78 is 15.9. The van der Waals surface area contributed by atoms with Crippen molar-refractivity contribution in [1.29, 1.82) is 0 Å². The molecule has 98 valence electrons. The zero-order valence-corrected chi connectivity index (χ0v) is 10.1. The third-order valence-electron chi connectivity index (χ3n) is 2.47. The van der Waals surface area contributed by atoms with Gasteiger partial charge in [0.15, 0.2) is 17.6 Å². The van der Waals surface area contributed by atoms with E-state index in [9.17, 15) is 4.79 Å². The second-order valence-corrected chi connectivity index (χ2v) is 3.85. The van der Waals surface area contributed by atoms with Gasteiger partial charge in [0, 0.05) is 19.2 Å². The maximum atomic E-state index is 11.6. The average Bonchev–Trinajstić information content (AvgIpc) is 2.83. The monoisotopic (exact) mass is 252 g/mol. The van der Waals surface area contributed by atoms with Crippen LogP contribution < -0.4 is 25.3 Å². The number of nitrogens with one attached hydrogen (secondary N) is 1. The van der Waals surface area contributed by atoms with Gasteiger partial charge in [-0.25, -0.2) is 0 Å². The lowest BCUT2D eigenvalue weighted by Gasteiger charge is -2.14. The van der Waals surface area contributed by atoms with Gasteiger partial charge in [-0.1, -0.05) is 0 Å². The standard InChI is InChI=1S/C12H16N2O4/c1-8(12(15)14-5-4-13)18-9-2-3-10-11(6-9)17-7-16-10/h2-3,6,8H,4-5,7,13H2,1H3,(H,14,15). The molecule has 3 N–H and O–H groups in total. The van der Waals surface area contributed by atoms with Crippen LogP contribution in [0.25, 0.3) is 0 Å². The molecule has 0 bridgehead atoms. The Morgan fingerprint density at radius 2 is 2.28 bits per heavy atom. The third kappa shape index (κ3) is 2.84. The molecule has 0 fully saturated rings. The van der Waals surface area contributed by atoms with Crippen LogP contribution >= 0.6 is 0 Å². The Kier molecular flexibility index (Phi) is 3.88. The fraction of sp³-hybridized carbons (Fsp3) is 0.417. The van der Waals surface area contributed by atoms with Gasteiger partial charge in [0.1, 0.15) is 5.75 Å². The highest BCUT2D eigenvalue weighted by atomic mass is 16.7. The number of carbonyl (C=O) groups is 1. The highest BCUT2D eigenvalue weighted by molar-refractivity contribution is 5.80. The minimum Gasteiger partial charge on any atom is -0.481 e. The lowest BCUT2D eigenvalue weighted by atomic mass is 10.3. The minimum atomic E-state index is -0.586.